The van der Waals surface area contributed by atoms with Crippen molar-refractivity contribution in [1.29, 1.82) is 0 Å². The molecule has 2 saturated carbocycles. The van der Waals surface area contributed by atoms with E-state index in [0.717, 1.165) is 12.8 Å². The highest BCUT2D eigenvalue weighted by molar-refractivity contribution is 5.91. The van der Waals surface area contributed by atoms with Crippen molar-refractivity contribution in [3.8, 4) is 0 Å². The lowest BCUT2D eigenvalue weighted by molar-refractivity contribution is -0.138. The normalized spacial score (nSPS) is 40.3. The van der Waals surface area contributed by atoms with E-state index in [1.165, 1.54) is 0 Å². The smallest absolute Gasteiger partial charge is 0.303 e. The van der Waals surface area contributed by atoms with E-state index in [1.807, 2.05) is 0 Å². The van der Waals surface area contributed by atoms with Crippen molar-refractivity contribution in [2.24, 2.45) is 22.7 Å². The summed E-state index contributed by atoms with van der Waals surface area (Å²) in [6.45, 7) is 6.41. The highest BCUT2D eigenvalue weighted by Crippen LogP contribution is 2.66. The Balaban J connectivity index is 2.20. The molecule has 16 heavy (non-hydrogen) atoms. The quantitative estimate of drug-likeness (QED) is 0.801. The van der Waals surface area contributed by atoms with E-state index in [-0.39, 0.29) is 23.2 Å². The minimum Gasteiger partial charge on any atom is -0.481 e. The molecule has 0 spiro atoms. The van der Waals surface area contributed by atoms with Crippen LogP contribution in [0.5, 0.6) is 0 Å². The summed E-state index contributed by atoms with van der Waals surface area (Å²) >= 11 is 0. The maximum atomic E-state index is 12.3. The molecular formula is C13H20O3. The number of hydrogen-bond donors (Lipinski definition) is 1. The second kappa shape index (κ2) is 3.31. The maximum Gasteiger partial charge on any atom is 0.303 e. The first-order valence-corrected chi connectivity index (χ1v) is 6.07. The van der Waals surface area contributed by atoms with Gasteiger partial charge in [0.1, 0.15) is 5.78 Å². The summed E-state index contributed by atoms with van der Waals surface area (Å²) in [6, 6.07) is 0. The van der Waals surface area contributed by atoms with Crippen LogP contribution in [0.2, 0.25) is 0 Å². The average Bonchev–Trinajstić information content (AvgIpc) is 2.47. The van der Waals surface area contributed by atoms with Gasteiger partial charge in [0.2, 0.25) is 0 Å². The standard InChI is InChI=1S/C13H20O3/c1-12(2)9-6-7-13(12,3)11(16)8(9)4-5-10(14)15/h8-9H,4-7H2,1-3H3,(H,14,15). The van der Waals surface area contributed by atoms with Crippen LogP contribution in [-0.4, -0.2) is 16.9 Å². The fourth-order valence-corrected chi connectivity index (χ4v) is 3.88. The van der Waals surface area contributed by atoms with Crippen LogP contribution in [0.4, 0.5) is 0 Å². The Bertz CT molecular complexity index is 345. The van der Waals surface area contributed by atoms with Crippen molar-refractivity contribution in [3.63, 3.8) is 0 Å². The van der Waals surface area contributed by atoms with E-state index in [2.05, 4.69) is 20.8 Å². The van der Waals surface area contributed by atoms with Crippen LogP contribution < -0.4 is 0 Å². The predicted molar refractivity (Wildman–Crippen MR) is 60.0 cm³/mol. The van der Waals surface area contributed by atoms with Gasteiger partial charge in [-0.05, 0) is 30.6 Å². The van der Waals surface area contributed by atoms with Crippen LogP contribution >= 0.6 is 0 Å². The van der Waals surface area contributed by atoms with Gasteiger partial charge in [0.25, 0.3) is 0 Å². The van der Waals surface area contributed by atoms with E-state index >= 15 is 0 Å². The first kappa shape index (κ1) is 11.6. The molecule has 0 aromatic rings. The third-order valence-electron chi connectivity index (χ3n) is 5.34. The molecule has 0 aromatic heterocycles. The van der Waals surface area contributed by atoms with Gasteiger partial charge in [-0.1, -0.05) is 20.8 Å². The number of carbonyl (C=O) groups excluding carboxylic acids is 1. The van der Waals surface area contributed by atoms with E-state index in [0.29, 0.717) is 18.1 Å². The van der Waals surface area contributed by atoms with Crippen LogP contribution in [0.1, 0.15) is 46.5 Å². The van der Waals surface area contributed by atoms with Crippen molar-refractivity contribution >= 4 is 11.8 Å². The molecule has 2 rings (SSSR count). The Morgan fingerprint density at radius 1 is 1.44 bits per heavy atom. The van der Waals surface area contributed by atoms with Gasteiger partial charge in [-0.15, -0.1) is 0 Å². The molecule has 0 radical (unpaired) electrons. The van der Waals surface area contributed by atoms with Gasteiger partial charge in [0.05, 0.1) is 0 Å². The van der Waals surface area contributed by atoms with Crippen LogP contribution in [-0.2, 0) is 9.59 Å². The molecular weight excluding hydrogens is 204 g/mol. The zero-order chi connectivity index (χ0) is 12.1. The van der Waals surface area contributed by atoms with Crippen LogP contribution in [0.25, 0.3) is 0 Å². The molecule has 0 aliphatic heterocycles. The van der Waals surface area contributed by atoms with Crippen molar-refractivity contribution in [2.45, 2.75) is 46.5 Å². The molecule has 2 fully saturated rings. The molecule has 0 aromatic carbocycles. The van der Waals surface area contributed by atoms with Gasteiger partial charge in [0.15, 0.2) is 0 Å². The lowest BCUT2D eigenvalue weighted by Gasteiger charge is -2.32. The SMILES string of the molecule is CC12CCC(C(CCC(=O)O)C1=O)C2(C)C. The molecule has 1 N–H and O–H groups in total. The van der Waals surface area contributed by atoms with Crippen molar-refractivity contribution in [1.82, 2.24) is 0 Å². The lowest BCUT2D eigenvalue weighted by atomic mass is 9.70. The molecule has 0 heterocycles. The zero-order valence-electron chi connectivity index (χ0n) is 10.2. The summed E-state index contributed by atoms with van der Waals surface area (Å²) in [5, 5.41) is 8.71. The van der Waals surface area contributed by atoms with E-state index < -0.39 is 5.97 Å². The van der Waals surface area contributed by atoms with Crippen LogP contribution in [0, 0.1) is 22.7 Å². The second-order valence-corrected chi connectivity index (χ2v) is 6.10. The number of Topliss-reactive ketones (excluding diaryl/α,β-unsaturated/α-hetero) is 1. The molecule has 3 unspecified atom stereocenters. The summed E-state index contributed by atoms with van der Waals surface area (Å²) in [5.41, 5.74) is -0.159. The van der Waals surface area contributed by atoms with E-state index in [4.69, 9.17) is 5.11 Å². The van der Waals surface area contributed by atoms with Gasteiger partial charge >= 0.3 is 5.97 Å². The van der Waals surface area contributed by atoms with Gasteiger partial charge < -0.3 is 5.11 Å². The Labute approximate surface area is 96.2 Å². The Morgan fingerprint density at radius 3 is 2.50 bits per heavy atom. The maximum absolute atomic E-state index is 12.3. The number of hydrogen-bond acceptors (Lipinski definition) is 2. The predicted octanol–water partition coefficient (Wildman–Crippen LogP) is 2.49. The molecule has 3 nitrogen and oxygen atoms in total. The topological polar surface area (TPSA) is 54.4 Å². The fraction of sp³-hybridized carbons (Fsp3) is 0.846. The first-order chi connectivity index (χ1) is 7.30. The summed E-state index contributed by atoms with van der Waals surface area (Å²) in [4.78, 5) is 22.9. The highest BCUT2D eigenvalue weighted by Gasteiger charge is 2.65. The van der Waals surface area contributed by atoms with Gasteiger partial charge in [-0.2, -0.15) is 0 Å². The average molecular weight is 224 g/mol. The highest BCUT2D eigenvalue weighted by atomic mass is 16.4. The minimum absolute atomic E-state index is 0.00940. The van der Waals surface area contributed by atoms with Gasteiger partial charge in [-0.3, -0.25) is 9.59 Å². The van der Waals surface area contributed by atoms with Gasteiger partial charge in [0, 0.05) is 17.8 Å². The molecule has 2 aliphatic rings. The summed E-state index contributed by atoms with van der Waals surface area (Å²) < 4.78 is 0. The zero-order valence-corrected chi connectivity index (χ0v) is 10.2. The number of aliphatic carboxylic acids is 1. The molecule has 2 bridgehead atoms. The third kappa shape index (κ3) is 1.26. The van der Waals surface area contributed by atoms with Crippen molar-refractivity contribution in [3.05, 3.63) is 0 Å². The first-order valence-electron chi connectivity index (χ1n) is 6.07. The van der Waals surface area contributed by atoms with Gasteiger partial charge in [-0.25, -0.2) is 0 Å². The summed E-state index contributed by atoms with van der Waals surface area (Å²) in [7, 11) is 0. The number of carboxylic acid groups (broad SMARTS) is 1. The van der Waals surface area contributed by atoms with E-state index in [9.17, 15) is 9.59 Å². The van der Waals surface area contributed by atoms with Crippen LogP contribution in [0.15, 0.2) is 0 Å². The molecule has 3 atom stereocenters. The molecule has 90 valence electrons. The third-order valence-corrected chi connectivity index (χ3v) is 5.34. The Kier molecular flexibility index (Phi) is 2.41. The Hall–Kier alpha value is -0.860. The van der Waals surface area contributed by atoms with E-state index in [1.54, 1.807) is 0 Å². The minimum atomic E-state index is -0.793. The molecule has 3 heteroatoms. The van der Waals surface area contributed by atoms with Crippen molar-refractivity contribution < 1.29 is 14.7 Å². The number of rotatable bonds is 3. The summed E-state index contributed by atoms with van der Waals surface area (Å²) in [5.74, 6) is -0.0947. The Morgan fingerprint density at radius 2 is 2.06 bits per heavy atom. The summed E-state index contributed by atoms with van der Waals surface area (Å²) in [6.07, 6.45) is 2.71. The fourth-order valence-electron chi connectivity index (χ4n) is 3.88. The lowest BCUT2D eigenvalue weighted by Crippen LogP contribution is -2.33. The molecule has 0 amide bonds. The largest absolute Gasteiger partial charge is 0.481 e. The number of fused-ring (bicyclic) bond motifs is 2. The number of carboxylic acids is 1. The second-order valence-electron chi connectivity index (χ2n) is 6.10. The van der Waals surface area contributed by atoms with Crippen molar-refractivity contribution in [2.75, 3.05) is 0 Å². The molecule has 2 aliphatic carbocycles. The monoisotopic (exact) mass is 224 g/mol. The number of carbonyl (C=O) groups is 2. The number of ketones is 1. The van der Waals surface area contributed by atoms with Crippen LogP contribution in [0.3, 0.4) is 0 Å². The molecule has 0 saturated heterocycles.